The average molecular weight is 1070 g/mol. The third-order valence-corrected chi connectivity index (χ3v) is 12.0. The minimum Gasteiger partial charge on any atom is -0.507 e. The number of fused-ring (bicyclic) bond motifs is 1. The van der Waals surface area contributed by atoms with E-state index in [1.807, 2.05) is 95.3 Å². The molecule has 0 aliphatic rings. The van der Waals surface area contributed by atoms with Crippen LogP contribution in [0.1, 0.15) is 157 Å². The van der Waals surface area contributed by atoms with E-state index in [0.717, 1.165) is 33.4 Å². The molecule has 66 heavy (non-hydrogen) atoms. The molecular formula is C61H66N3OPt-. The van der Waals surface area contributed by atoms with Crippen molar-refractivity contribution in [3.8, 4) is 67.5 Å². The zero-order chi connectivity index (χ0) is 60.2. The maximum Gasteiger partial charge on any atom is 0.148 e. The molecule has 0 spiro atoms. The van der Waals surface area contributed by atoms with E-state index in [0.29, 0.717) is 39.0 Å². The number of phenolic OH excluding ortho intramolecular Hbond substituents is 1. The molecule has 5 heteroatoms. The fraction of sp³-hybridized carbons (Fsp3) is 0.311. The quantitative estimate of drug-likeness (QED) is 0.154. The summed E-state index contributed by atoms with van der Waals surface area (Å²) >= 11 is 0. The van der Waals surface area contributed by atoms with Crippen LogP contribution in [0.3, 0.4) is 0 Å². The number of aromatic nitrogens is 3. The van der Waals surface area contributed by atoms with Crippen LogP contribution in [0.25, 0.3) is 72.7 Å². The molecule has 0 amide bonds. The molecule has 0 aliphatic carbocycles. The molecule has 2 heterocycles. The van der Waals surface area contributed by atoms with Crippen LogP contribution in [-0.4, -0.2) is 19.6 Å². The molecule has 0 aliphatic heterocycles. The molecule has 0 saturated heterocycles. The molecule has 0 unspecified atom stereocenters. The molecule has 8 aromatic rings. The number of pyridine rings is 1. The van der Waals surface area contributed by atoms with Gasteiger partial charge in [0.25, 0.3) is 0 Å². The molecular weight excluding hydrogens is 986 g/mol. The summed E-state index contributed by atoms with van der Waals surface area (Å²) in [5.41, 5.74) is 3.07. The second-order valence-corrected chi connectivity index (χ2v) is 19.7. The van der Waals surface area contributed by atoms with Crippen LogP contribution in [0, 0.1) is 12.9 Å². The number of aryl methyl sites for hydroxylation is 1. The Morgan fingerprint density at radius 3 is 2.06 bits per heavy atom. The van der Waals surface area contributed by atoms with Gasteiger partial charge in [0.15, 0.2) is 0 Å². The Morgan fingerprint density at radius 1 is 0.667 bits per heavy atom. The first kappa shape index (κ1) is 31.4. The Morgan fingerprint density at radius 2 is 1.39 bits per heavy atom. The Balaban J connectivity index is 0.00000968. The van der Waals surface area contributed by atoms with E-state index >= 15 is 0 Å². The molecule has 2 aromatic heterocycles. The van der Waals surface area contributed by atoms with Gasteiger partial charge in [0.1, 0.15) is 11.6 Å². The first-order chi connectivity index (χ1) is 37.2. The van der Waals surface area contributed by atoms with Crippen LogP contribution < -0.4 is 0 Å². The summed E-state index contributed by atoms with van der Waals surface area (Å²) in [6.45, 7) is 6.65. The number of phenols is 1. The van der Waals surface area contributed by atoms with Crippen molar-refractivity contribution >= 4 is 11.0 Å². The maximum atomic E-state index is 11.8. The molecule has 342 valence electrons. The summed E-state index contributed by atoms with van der Waals surface area (Å²) in [4.78, 5) is 10.0. The summed E-state index contributed by atoms with van der Waals surface area (Å²) in [6.07, 6.45) is 1.38. The summed E-state index contributed by atoms with van der Waals surface area (Å²) in [7, 11) is 0. The van der Waals surface area contributed by atoms with Crippen molar-refractivity contribution in [2.75, 3.05) is 0 Å². The van der Waals surface area contributed by atoms with E-state index in [1.165, 1.54) is 18.3 Å². The summed E-state index contributed by atoms with van der Waals surface area (Å²) in [6, 6.07) is 29.0. The van der Waals surface area contributed by atoms with Crippen LogP contribution in [-0.2, 0) is 37.3 Å². The van der Waals surface area contributed by atoms with Crippen LogP contribution in [0.4, 0.5) is 0 Å². The van der Waals surface area contributed by atoms with Crippen molar-refractivity contribution in [3.05, 3.63) is 167 Å². The van der Waals surface area contributed by atoms with Crippen molar-refractivity contribution in [2.45, 2.75) is 125 Å². The van der Waals surface area contributed by atoms with Gasteiger partial charge in [0.05, 0.1) is 27.8 Å². The number of para-hydroxylation sites is 1. The molecule has 0 bridgehead atoms. The SMILES string of the molecule is [2H]c1c([2H])c(C(C([2H])([2H])[2H])(C([2H])([2H])[2H])C([2H])([2H])[2H])c([2H])c([2H])c1-c1ccnc(-c2[c-]c(-c3cccc4c3nc(-c3cc(C(C)C)ccc3O)n4-c3ccc(-c4c(C(C)C)cccc4C(C)(C)C)cc3C([2H])([2H])[2H])cc(C(C)(C)C)c2)c1.[Pt]. The van der Waals surface area contributed by atoms with Crippen LogP contribution in [0.5, 0.6) is 5.75 Å². The number of aromatic hydroxyl groups is 1. The normalized spacial score (nSPS) is 16.6. The molecule has 0 atom stereocenters. The second kappa shape index (κ2) is 18.3. The number of rotatable bonds is 8. The summed E-state index contributed by atoms with van der Waals surface area (Å²) in [5.74, 6) is 0.400. The Labute approximate surface area is 431 Å². The molecule has 0 radical (unpaired) electrons. The number of nitrogens with zero attached hydrogens (tertiary/aromatic N) is 3. The van der Waals surface area contributed by atoms with Gasteiger partial charge in [-0.2, -0.15) is 0 Å². The Hall–Kier alpha value is -5.57. The zero-order valence-corrected chi connectivity index (χ0v) is 41.3. The van der Waals surface area contributed by atoms with E-state index in [4.69, 9.17) is 26.9 Å². The van der Waals surface area contributed by atoms with Crippen molar-refractivity contribution in [3.63, 3.8) is 0 Å². The van der Waals surface area contributed by atoms with E-state index in [9.17, 15) is 5.11 Å². The van der Waals surface area contributed by atoms with Crippen LogP contribution in [0.15, 0.2) is 127 Å². The average Bonchev–Trinajstić information content (AvgIpc) is 1.57. The number of benzene rings is 6. The van der Waals surface area contributed by atoms with Gasteiger partial charge in [0, 0.05) is 49.4 Å². The van der Waals surface area contributed by atoms with Gasteiger partial charge in [-0.05, 0) is 121 Å². The molecule has 4 nitrogen and oxygen atoms in total. The molecule has 8 rings (SSSR count). The van der Waals surface area contributed by atoms with Crippen molar-refractivity contribution in [1.82, 2.24) is 14.5 Å². The Bertz CT molecular complexity index is 3700. The van der Waals surface area contributed by atoms with Crippen molar-refractivity contribution < 1.29 is 48.1 Å². The fourth-order valence-electron chi connectivity index (χ4n) is 8.38. The second-order valence-electron chi connectivity index (χ2n) is 19.7. The molecule has 0 fully saturated rings. The number of hydrogen-bond acceptors (Lipinski definition) is 3. The van der Waals surface area contributed by atoms with E-state index < -0.39 is 68.0 Å². The largest absolute Gasteiger partial charge is 0.507 e. The fourth-order valence-corrected chi connectivity index (χ4v) is 8.38. The van der Waals surface area contributed by atoms with Gasteiger partial charge >= 0.3 is 0 Å². The molecule has 0 saturated carbocycles. The van der Waals surface area contributed by atoms with Gasteiger partial charge in [-0.1, -0.05) is 174 Å². The van der Waals surface area contributed by atoms with Crippen LogP contribution in [0.2, 0.25) is 0 Å². The third-order valence-electron chi connectivity index (χ3n) is 12.0. The summed E-state index contributed by atoms with van der Waals surface area (Å²) in [5, 5.41) is 11.8. The third kappa shape index (κ3) is 9.50. The summed E-state index contributed by atoms with van der Waals surface area (Å²) < 4.78 is 140. The maximum absolute atomic E-state index is 11.8. The molecule has 1 N–H and O–H groups in total. The monoisotopic (exact) mass is 1070 g/mol. The molecule has 6 aromatic carbocycles. The topological polar surface area (TPSA) is 50.9 Å². The van der Waals surface area contributed by atoms with Crippen molar-refractivity contribution in [2.24, 2.45) is 0 Å². The smallest absolute Gasteiger partial charge is 0.148 e. The first-order valence-electron chi connectivity index (χ1n) is 30.0. The van der Waals surface area contributed by atoms with Gasteiger partial charge in [-0.3, -0.25) is 9.55 Å². The van der Waals surface area contributed by atoms with Gasteiger partial charge in [-0.15, -0.1) is 29.3 Å². The van der Waals surface area contributed by atoms with Crippen molar-refractivity contribution in [1.29, 1.82) is 0 Å². The van der Waals surface area contributed by atoms with E-state index in [-0.39, 0.29) is 72.3 Å². The first-order valence-corrected chi connectivity index (χ1v) is 22.0. The van der Waals surface area contributed by atoms with Gasteiger partial charge < -0.3 is 5.11 Å². The predicted molar refractivity (Wildman–Crippen MR) is 276 cm³/mol. The Kier molecular flexibility index (Phi) is 8.69. The standard InChI is InChI=1S/C61H66N3O.Pt/c1-37(2)41-24-28-55(65)50(35-41)58-63-57-49(18-16-20-54(57)64(58)53-27-23-43(31-39(53)5)56-48(38(3)4)17-15-19-51(56)61(12,13)14)44-32-45(34-47(33-44)60(9,10)11)52-36-42(29-30-62-52)40-21-25-46(26-22-40)59(6,7)8;/h15-31,33-38,65H,1-14H3;/q-1;/i5D3,6D3,7D3,8D3,21D,22D,25D,26D;. The van der Waals surface area contributed by atoms with Gasteiger partial charge in [-0.25, -0.2) is 4.98 Å². The number of hydrogen-bond donors (Lipinski definition) is 1. The van der Waals surface area contributed by atoms with E-state index in [2.05, 4.69) is 57.8 Å². The zero-order valence-electron chi connectivity index (χ0n) is 55.1. The minimum absolute atomic E-state index is 0. The number of imidazole rings is 1. The van der Waals surface area contributed by atoms with Gasteiger partial charge in [0.2, 0.25) is 0 Å². The minimum atomic E-state index is -3.83. The van der Waals surface area contributed by atoms with E-state index in [1.54, 1.807) is 16.7 Å². The predicted octanol–water partition coefficient (Wildman–Crippen LogP) is 16.7. The van der Waals surface area contributed by atoms with Crippen LogP contribution >= 0.6 is 0 Å².